The molecule has 0 radical (unpaired) electrons. The van der Waals surface area contributed by atoms with Crippen LogP contribution in [0.15, 0.2) is 10.9 Å². The average molecular weight is 388 g/mol. The van der Waals surface area contributed by atoms with E-state index in [-0.39, 0.29) is 28.8 Å². The number of aromatic nitrogens is 3. The van der Waals surface area contributed by atoms with Crippen LogP contribution in [0.5, 0.6) is 5.88 Å². The van der Waals surface area contributed by atoms with E-state index in [0.29, 0.717) is 23.6 Å². The number of nitrogens with zero attached hydrogens (tertiary/aromatic N) is 2. The van der Waals surface area contributed by atoms with Gasteiger partial charge in [0.05, 0.1) is 6.54 Å². The SMILES string of the molecule is CC(C)C[n+]1c(O)c(C(=O)NC2CC2)c(=O)n2[nH]c(N)c(/C=C/C(C)(C)C)c21. The molecule has 5 N–H and O–H groups in total. The number of nitrogens with one attached hydrogen (secondary N) is 2. The van der Waals surface area contributed by atoms with Gasteiger partial charge in [0.25, 0.3) is 5.91 Å². The van der Waals surface area contributed by atoms with Gasteiger partial charge in [0.15, 0.2) is 5.82 Å². The zero-order valence-corrected chi connectivity index (χ0v) is 17.2. The maximum atomic E-state index is 13.0. The molecular formula is C20H30N5O3+. The van der Waals surface area contributed by atoms with Crippen molar-refractivity contribution in [1.82, 2.24) is 14.9 Å². The monoisotopic (exact) mass is 388 g/mol. The van der Waals surface area contributed by atoms with Gasteiger partial charge in [-0.2, -0.15) is 4.57 Å². The third-order valence-electron chi connectivity index (χ3n) is 4.56. The minimum absolute atomic E-state index is 0.0736. The minimum Gasteiger partial charge on any atom is -0.477 e. The summed E-state index contributed by atoms with van der Waals surface area (Å²) in [4.78, 5) is 25.6. The number of H-pyrrole nitrogens is 1. The summed E-state index contributed by atoms with van der Waals surface area (Å²) in [5, 5.41) is 16.5. The highest BCUT2D eigenvalue weighted by Crippen LogP contribution is 2.24. The summed E-state index contributed by atoms with van der Waals surface area (Å²) >= 11 is 0. The lowest BCUT2D eigenvalue weighted by atomic mass is 9.95. The third kappa shape index (κ3) is 3.90. The molecule has 0 bridgehead atoms. The molecule has 3 rings (SSSR count). The Hall–Kier alpha value is -2.77. The third-order valence-corrected chi connectivity index (χ3v) is 4.56. The normalized spacial score (nSPS) is 15.1. The lowest BCUT2D eigenvalue weighted by Crippen LogP contribution is -2.46. The van der Waals surface area contributed by atoms with Gasteiger partial charge < -0.3 is 16.2 Å². The molecule has 0 unspecified atom stereocenters. The van der Waals surface area contributed by atoms with Crippen LogP contribution in [-0.4, -0.2) is 26.7 Å². The van der Waals surface area contributed by atoms with Gasteiger partial charge in [-0.3, -0.25) is 4.79 Å². The molecule has 1 saturated carbocycles. The Morgan fingerprint density at radius 3 is 2.61 bits per heavy atom. The summed E-state index contributed by atoms with van der Waals surface area (Å²) in [7, 11) is 0. The van der Waals surface area contributed by atoms with Gasteiger partial charge in [-0.1, -0.05) is 45.2 Å². The van der Waals surface area contributed by atoms with Crippen LogP contribution in [0.25, 0.3) is 11.7 Å². The number of fused-ring (bicyclic) bond motifs is 1. The molecule has 0 aliphatic heterocycles. The molecule has 0 aromatic carbocycles. The van der Waals surface area contributed by atoms with Crippen molar-refractivity contribution in [3.05, 3.63) is 27.6 Å². The molecule has 1 amide bonds. The Labute approximate surface area is 164 Å². The summed E-state index contributed by atoms with van der Waals surface area (Å²) in [6.45, 7) is 10.6. The van der Waals surface area contributed by atoms with E-state index >= 15 is 0 Å². The van der Waals surface area contributed by atoms with E-state index in [1.54, 1.807) is 4.57 Å². The molecule has 2 aromatic rings. The van der Waals surface area contributed by atoms with Crippen molar-refractivity contribution in [3.63, 3.8) is 0 Å². The number of amides is 1. The Kier molecular flexibility index (Phi) is 4.99. The molecule has 1 aliphatic rings. The van der Waals surface area contributed by atoms with Crippen LogP contribution in [0.4, 0.5) is 5.82 Å². The number of allylic oxidation sites excluding steroid dienone is 1. The Bertz CT molecular complexity index is 1000. The molecule has 1 aliphatic carbocycles. The number of nitrogen functional groups attached to an aromatic ring is 1. The molecule has 28 heavy (non-hydrogen) atoms. The zero-order valence-electron chi connectivity index (χ0n) is 17.2. The van der Waals surface area contributed by atoms with Crippen LogP contribution < -0.4 is 21.2 Å². The quantitative estimate of drug-likeness (QED) is 0.585. The van der Waals surface area contributed by atoms with Gasteiger partial charge in [0.1, 0.15) is 5.56 Å². The topological polar surface area (TPSA) is 116 Å². The van der Waals surface area contributed by atoms with Gasteiger partial charge >= 0.3 is 17.1 Å². The molecule has 0 spiro atoms. The lowest BCUT2D eigenvalue weighted by Gasteiger charge is -2.12. The minimum atomic E-state index is -0.618. The first kappa shape index (κ1) is 20.0. The second kappa shape index (κ2) is 7.00. The standard InChI is InChI=1S/C20H29N5O3/c1-11(2)10-24-17-13(8-9-20(3,4)5)15(21)23-25(17)19(28)14(18(24)27)16(26)22-12-6-7-12/h8-9,11-12H,6-7,10H2,1-5H3,(H4,21,22,23,26,27,28)/p+1/b9-8+. The van der Waals surface area contributed by atoms with Crippen molar-refractivity contribution in [2.75, 3.05) is 5.73 Å². The van der Waals surface area contributed by atoms with E-state index in [2.05, 4.69) is 31.2 Å². The zero-order chi connectivity index (χ0) is 20.8. The predicted molar refractivity (Wildman–Crippen MR) is 108 cm³/mol. The number of rotatable bonds is 5. The van der Waals surface area contributed by atoms with Gasteiger partial charge in [0, 0.05) is 6.04 Å². The Morgan fingerprint density at radius 1 is 1.43 bits per heavy atom. The van der Waals surface area contributed by atoms with Crippen LogP contribution in [0, 0.1) is 11.3 Å². The first-order valence-corrected chi connectivity index (χ1v) is 9.68. The molecule has 2 heterocycles. The van der Waals surface area contributed by atoms with Crippen LogP contribution in [0.3, 0.4) is 0 Å². The molecule has 2 aromatic heterocycles. The fraction of sp³-hybridized carbons (Fsp3) is 0.550. The molecule has 0 saturated heterocycles. The number of anilines is 1. The van der Waals surface area contributed by atoms with Crippen LogP contribution >= 0.6 is 0 Å². The highest BCUT2D eigenvalue weighted by Gasteiger charge is 2.35. The van der Waals surface area contributed by atoms with E-state index in [1.807, 2.05) is 26.0 Å². The van der Waals surface area contributed by atoms with E-state index in [9.17, 15) is 14.7 Å². The largest absolute Gasteiger partial charge is 0.477 e. The van der Waals surface area contributed by atoms with Gasteiger partial charge in [0.2, 0.25) is 5.56 Å². The van der Waals surface area contributed by atoms with Crippen LogP contribution in [0.1, 0.15) is 63.4 Å². The van der Waals surface area contributed by atoms with Crippen molar-refractivity contribution in [1.29, 1.82) is 0 Å². The highest BCUT2D eigenvalue weighted by atomic mass is 16.3. The van der Waals surface area contributed by atoms with Crippen LogP contribution in [-0.2, 0) is 6.54 Å². The number of hydrogen-bond acceptors (Lipinski definition) is 4. The molecule has 0 atom stereocenters. The summed E-state index contributed by atoms with van der Waals surface area (Å²) in [6, 6.07) is 0.0736. The molecule has 8 nitrogen and oxygen atoms in total. The number of carbonyl (C=O) groups is 1. The second-order valence-corrected chi connectivity index (χ2v) is 9.05. The van der Waals surface area contributed by atoms with Gasteiger partial charge in [-0.25, -0.2) is 9.89 Å². The Balaban J connectivity index is 2.28. The summed E-state index contributed by atoms with van der Waals surface area (Å²) in [5.41, 5.74) is 6.24. The smallest absolute Gasteiger partial charge is 0.378 e. The summed E-state index contributed by atoms with van der Waals surface area (Å²) in [6.07, 6.45) is 5.61. The molecule has 152 valence electrons. The van der Waals surface area contributed by atoms with Crippen molar-refractivity contribution in [2.24, 2.45) is 11.3 Å². The number of nitrogens with two attached hydrogens (primary N) is 1. The first-order chi connectivity index (χ1) is 13.0. The number of aromatic hydroxyl groups is 1. The second-order valence-electron chi connectivity index (χ2n) is 9.05. The van der Waals surface area contributed by atoms with Crippen LogP contribution in [0.2, 0.25) is 0 Å². The summed E-state index contributed by atoms with van der Waals surface area (Å²) in [5.74, 6) is -0.417. The van der Waals surface area contributed by atoms with Gasteiger partial charge in [-0.05, 0) is 30.3 Å². The van der Waals surface area contributed by atoms with Crippen molar-refractivity contribution in [2.45, 2.75) is 60.0 Å². The van der Waals surface area contributed by atoms with Crippen molar-refractivity contribution >= 4 is 23.4 Å². The number of aromatic amines is 1. The van der Waals surface area contributed by atoms with E-state index in [4.69, 9.17) is 5.73 Å². The summed E-state index contributed by atoms with van der Waals surface area (Å²) < 4.78 is 2.84. The molecular weight excluding hydrogens is 358 g/mol. The number of hydrogen-bond donors (Lipinski definition) is 4. The lowest BCUT2D eigenvalue weighted by molar-refractivity contribution is -0.686. The average Bonchev–Trinajstić information content (AvgIpc) is 3.30. The highest BCUT2D eigenvalue weighted by molar-refractivity contribution is 5.96. The molecule has 1 fully saturated rings. The predicted octanol–water partition coefficient (Wildman–Crippen LogP) is 1.81. The Morgan fingerprint density at radius 2 is 2.07 bits per heavy atom. The first-order valence-electron chi connectivity index (χ1n) is 9.68. The van der Waals surface area contributed by atoms with E-state index < -0.39 is 11.5 Å². The van der Waals surface area contributed by atoms with Gasteiger partial charge in [-0.15, -0.1) is 0 Å². The molecule has 8 heteroatoms. The maximum absolute atomic E-state index is 13.0. The van der Waals surface area contributed by atoms with Crippen molar-refractivity contribution in [3.8, 4) is 5.88 Å². The fourth-order valence-electron chi connectivity index (χ4n) is 3.05. The maximum Gasteiger partial charge on any atom is 0.378 e. The fourth-order valence-corrected chi connectivity index (χ4v) is 3.05. The van der Waals surface area contributed by atoms with E-state index in [1.165, 1.54) is 4.52 Å². The van der Waals surface area contributed by atoms with E-state index in [0.717, 1.165) is 12.8 Å². The van der Waals surface area contributed by atoms with Crippen molar-refractivity contribution < 1.29 is 14.5 Å². The number of carbonyl (C=O) groups excluding carboxylic acids is 1.